The van der Waals surface area contributed by atoms with E-state index in [4.69, 9.17) is 4.74 Å². The first-order chi connectivity index (χ1) is 12.6. The number of carbonyl (C=O) groups excluding carboxylic acids is 1. The number of amides is 1. The summed E-state index contributed by atoms with van der Waals surface area (Å²) in [5, 5.41) is 3.04. The van der Waals surface area contributed by atoms with Gasteiger partial charge >= 0.3 is 6.09 Å². The van der Waals surface area contributed by atoms with Gasteiger partial charge in [-0.3, -0.25) is 0 Å². The molecule has 3 nitrogen and oxygen atoms in total. The van der Waals surface area contributed by atoms with Gasteiger partial charge in [-0.15, -0.1) is 0 Å². The first-order valence-corrected chi connectivity index (χ1v) is 10.7. The van der Waals surface area contributed by atoms with E-state index in [1.54, 1.807) is 0 Å². The predicted octanol–water partition coefficient (Wildman–Crippen LogP) is 6.98. The standard InChI is InChI=1S/C25H41NO2/c1-22(2,3)18-11-12-20(19(15-18)23(4,5)6)28-21(27)26-17-25(9)14-10-13-24(7,8)16-25/h11-12,15H,10,13-14,16-17H2,1-9H3,(H,26,27). The number of rotatable bonds is 3. The molecule has 1 amide bonds. The lowest BCUT2D eigenvalue weighted by Gasteiger charge is -2.42. The molecular formula is C25H41NO2. The highest BCUT2D eigenvalue weighted by atomic mass is 16.6. The van der Waals surface area contributed by atoms with Crippen LogP contribution >= 0.6 is 0 Å². The van der Waals surface area contributed by atoms with Gasteiger partial charge in [0, 0.05) is 12.1 Å². The third kappa shape index (κ3) is 5.99. The van der Waals surface area contributed by atoms with Crippen LogP contribution in [0.2, 0.25) is 0 Å². The maximum absolute atomic E-state index is 12.6. The number of benzene rings is 1. The van der Waals surface area contributed by atoms with Crippen molar-refractivity contribution in [1.29, 1.82) is 0 Å². The van der Waals surface area contributed by atoms with Crippen molar-refractivity contribution >= 4 is 6.09 Å². The van der Waals surface area contributed by atoms with Crippen LogP contribution in [0, 0.1) is 10.8 Å². The van der Waals surface area contributed by atoms with Gasteiger partial charge in [0.15, 0.2) is 0 Å². The predicted molar refractivity (Wildman–Crippen MR) is 118 cm³/mol. The molecule has 0 radical (unpaired) electrons. The van der Waals surface area contributed by atoms with E-state index < -0.39 is 0 Å². The van der Waals surface area contributed by atoms with Gasteiger partial charge in [-0.05, 0) is 52.6 Å². The van der Waals surface area contributed by atoms with Crippen LogP contribution in [0.3, 0.4) is 0 Å². The van der Waals surface area contributed by atoms with Crippen molar-refractivity contribution in [2.45, 2.75) is 98.8 Å². The summed E-state index contributed by atoms with van der Waals surface area (Å²) >= 11 is 0. The third-order valence-electron chi connectivity index (χ3n) is 6.05. The molecule has 0 spiro atoms. The van der Waals surface area contributed by atoms with Gasteiger partial charge in [-0.1, -0.05) is 80.9 Å². The summed E-state index contributed by atoms with van der Waals surface area (Å²) in [6, 6.07) is 6.21. The number of carbonyl (C=O) groups is 1. The van der Waals surface area contributed by atoms with Crippen molar-refractivity contribution in [3.63, 3.8) is 0 Å². The van der Waals surface area contributed by atoms with E-state index in [1.807, 2.05) is 6.07 Å². The van der Waals surface area contributed by atoms with Crippen molar-refractivity contribution in [3.8, 4) is 5.75 Å². The molecule has 3 heteroatoms. The Morgan fingerprint density at radius 1 is 1.04 bits per heavy atom. The van der Waals surface area contributed by atoms with Crippen molar-refractivity contribution in [1.82, 2.24) is 5.32 Å². The molecule has 0 aliphatic heterocycles. The van der Waals surface area contributed by atoms with Crippen LogP contribution < -0.4 is 10.1 Å². The maximum Gasteiger partial charge on any atom is 0.412 e. The molecule has 1 aromatic carbocycles. The van der Waals surface area contributed by atoms with Crippen LogP contribution in [0.25, 0.3) is 0 Å². The minimum atomic E-state index is -0.349. The van der Waals surface area contributed by atoms with E-state index in [0.29, 0.717) is 17.7 Å². The Balaban J connectivity index is 2.11. The molecule has 0 saturated heterocycles. The highest BCUT2D eigenvalue weighted by Crippen LogP contribution is 2.45. The molecular weight excluding hydrogens is 346 g/mol. The fourth-order valence-electron chi connectivity index (χ4n) is 4.57. The van der Waals surface area contributed by atoms with Crippen molar-refractivity contribution < 1.29 is 9.53 Å². The summed E-state index contributed by atoms with van der Waals surface area (Å²) in [7, 11) is 0. The molecule has 158 valence electrons. The van der Waals surface area contributed by atoms with Gasteiger partial charge in [0.25, 0.3) is 0 Å². The fourth-order valence-corrected chi connectivity index (χ4v) is 4.57. The second-order valence-corrected chi connectivity index (χ2v) is 12.0. The maximum atomic E-state index is 12.6. The minimum Gasteiger partial charge on any atom is -0.410 e. The molecule has 28 heavy (non-hydrogen) atoms. The molecule has 0 heterocycles. The summed E-state index contributed by atoms with van der Waals surface area (Å²) < 4.78 is 5.78. The Bertz CT molecular complexity index is 706. The van der Waals surface area contributed by atoms with E-state index in [-0.39, 0.29) is 22.3 Å². The zero-order chi connectivity index (χ0) is 21.4. The van der Waals surface area contributed by atoms with E-state index in [9.17, 15) is 4.79 Å². The Kier molecular flexibility index (Phi) is 6.28. The zero-order valence-corrected chi connectivity index (χ0v) is 19.6. The lowest BCUT2D eigenvalue weighted by Crippen LogP contribution is -2.42. The molecule has 1 N–H and O–H groups in total. The van der Waals surface area contributed by atoms with Crippen molar-refractivity contribution in [2.24, 2.45) is 10.8 Å². The first-order valence-electron chi connectivity index (χ1n) is 10.7. The summed E-state index contributed by atoms with van der Waals surface area (Å²) in [4.78, 5) is 12.6. The summed E-state index contributed by atoms with van der Waals surface area (Å²) in [6.45, 7) is 20.7. The monoisotopic (exact) mass is 387 g/mol. The molecule has 1 unspecified atom stereocenters. The second kappa shape index (κ2) is 7.72. The number of hydrogen-bond donors (Lipinski definition) is 1. The molecule has 1 saturated carbocycles. The van der Waals surface area contributed by atoms with Gasteiger partial charge in [-0.25, -0.2) is 4.79 Å². The van der Waals surface area contributed by atoms with E-state index >= 15 is 0 Å². The molecule has 2 rings (SSSR count). The highest BCUT2D eigenvalue weighted by molar-refractivity contribution is 5.71. The van der Waals surface area contributed by atoms with Gasteiger partial charge in [0.2, 0.25) is 0 Å². The van der Waals surface area contributed by atoms with E-state index in [2.05, 4.69) is 79.8 Å². The van der Waals surface area contributed by atoms with Crippen LogP contribution in [-0.4, -0.2) is 12.6 Å². The van der Waals surface area contributed by atoms with Crippen molar-refractivity contribution in [2.75, 3.05) is 6.54 Å². The third-order valence-corrected chi connectivity index (χ3v) is 6.05. The van der Waals surface area contributed by atoms with Crippen LogP contribution in [-0.2, 0) is 10.8 Å². The number of ether oxygens (including phenoxy) is 1. The van der Waals surface area contributed by atoms with E-state index in [0.717, 1.165) is 18.4 Å². The SMILES string of the molecule is CC1(C)CCCC(C)(CNC(=O)Oc2ccc(C(C)(C)C)cc2C(C)(C)C)C1. The molecule has 1 aliphatic rings. The lowest BCUT2D eigenvalue weighted by molar-refractivity contribution is 0.0968. The Morgan fingerprint density at radius 2 is 1.68 bits per heavy atom. The Hall–Kier alpha value is -1.51. The van der Waals surface area contributed by atoms with Crippen molar-refractivity contribution in [3.05, 3.63) is 29.3 Å². The topological polar surface area (TPSA) is 38.3 Å². The average molecular weight is 388 g/mol. The Labute approximate surface area is 172 Å². The van der Waals surface area contributed by atoms with Gasteiger partial charge in [-0.2, -0.15) is 0 Å². The van der Waals surface area contributed by atoms with Crippen LogP contribution in [0.4, 0.5) is 4.79 Å². The van der Waals surface area contributed by atoms with E-state index in [1.165, 1.54) is 18.4 Å². The van der Waals surface area contributed by atoms with Crippen LogP contribution in [0.5, 0.6) is 5.75 Å². The lowest BCUT2D eigenvalue weighted by atomic mass is 9.64. The number of hydrogen-bond acceptors (Lipinski definition) is 2. The van der Waals surface area contributed by atoms with Gasteiger partial charge in [0.05, 0.1) is 0 Å². The Morgan fingerprint density at radius 3 is 2.21 bits per heavy atom. The van der Waals surface area contributed by atoms with Gasteiger partial charge in [0.1, 0.15) is 5.75 Å². The smallest absolute Gasteiger partial charge is 0.410 e. The van der Waals surface area contributed by atoms with Gasteiger partial charge < -0.3 is 10.1 Å². The molecule has 0 aromatic heterocycles. The molecule has 0 bridgehead atoms. The summed E-state index contributed by atoms with van der Waals surface area (Å²) in [5.41, 5.74) is 2.77. The summed E-state index contributed by atoms with van der Waals surface area (Å²) in [6.07, 6.45) is 4.43. The van der Waals surface area contributed by atoms with Crippen LogP contribution in [0.15, 0.2) is 18.2 Å². The zero-order valence-electron chi connectivity index (χ0n) is 19.6. The molecule has 1 atom stereocenters. The molecule has 1 aliphatic carbocycles. The molecule has 1 aromatic rings. The first kappa shape index (κ1) is 22.8. The average Bonchev–Trinajstić information content (AvgIpc) is 2.50. The quantitative estimate of drug-likeness (QED) is 0.608. The largest absolute Gasteiger partial charge is 0.412 e. The minimum absolute atomic E-state index is 0.0587. The molecule has 1 fully saturated rings. The fraction of sp³-hybridized carbons (Fsp3) is 0.720. The highest BCUT2D eigenvalue weighted by Gasteiger charge is 2.36. The normalized spacial score (nSPS) is 22.6. The van der Waals surface area contributed by atoms with Crippen LogP contribution in [0.1, 0.15) is 99.1 Å². The second-order valence-electron chi connectivity index (χ2n) is 12.0. The summed E-state index contributed by atoms with van der Waals surface area (Å²) in [5.74, 6) is 0.659. The number of nitrogens with one attached hydrogen (secondary N) is 1.